The summed E-state index contributed by atoms with van der Waals surface area (Å²) in [6.07, 6.45) is 7.40. The first kappa shape index (κ1) is 13.3. The van der Waals surface area contributed by atoms with Crippen molar-refractivity contribution in [3.05, 3.63) is 45.8 Å². The van der Waals surface area contributed by atoms with Gasteiger partial charge in [0.2, 0.25) is 0 Å². The van der Waals surface area contributed by atoms with E-state index in [4.69, 9.17) is 0 Å². The molecule has 1 N–H and O–H groups in total. The van der Waals surface area contributed by atoms with Gasteiger partial charge in [0, 0.05) is 17.7 Å². The minimum absolute atomic E-state index is 0.563. The van der Waals surface area contributed by atoms with Gasteiger partial charge in [0.05, 0.1) is 0 Å². The number of aryl methyl sites for hydroxylation is 1. The monoisotopic (exact) mass is 343 g/mol. The Morgan fingerprint density at radius 2 is 1.95 bits per heavy atom. The molecule has 2 aromatic rings. The van der Waals surface area contributed by atoms with Crippen molar-refractivity contribution in [1.29, 1.82) is 0 Å². The van der Waals surface area contributed by atoms with Crippen LogP contribution >= 0.6 is 15.9 Å². The van der Waals surface area contributed by atoms with Crippen molar-refractivity contribution in [2.24, 2.45) is 0 Å². The van der Waals surface area contributed by atoms with E-state index in [-0.39, 0.29) is 0 Å². The van der Waals surface area contributed by atoms with Crippen LogP contribution in [0.3, 0.4) is 0 Å². The third kappa shape index (κ3) is 2.82. The fraction of sp³-hybridized carbons (Fsp3) is 0.412. The van der Waals surface area contributed by atoms with E-state index in [1.807, 2.05) is 6.07 Å². The Morgan fingerprint density at radius 1 is 1.10 bits per heavy atom. The number of nitrogens with one attached hydrogen (secondary N) is 1. The fourth-order valence-electron chi connectivity index (χ4n) is 3.06. The largest absolute Gasteiger partial charge is 0.340 e. The van der Waals surface area contributed by atoms with Crippen LogP contribution in [-0.4, -0.2) is 9.97 Å². The summed E-state index contributed by atoms with van der Waals surface area (Å²) in [4.78, 5) is 9.18. The van der Waals surface area contributed by atoms with Crippen LogP contribution in [-0.2, 0) is 12.8 Å². The predicted octanol–water partition coefficient (Wildman–Crippen LogP) is 4.74. The zero-order valence-corrected chi connectivity index (χ0v) is 13.5. The first-order valence-corrected chi connectivity index (χ1v) is 8.51. The van der Waals surface area contributed by atoms with Gasteiger partial charge in [0.15, 0.2) is 0 Å². The lowest BCUT2D eigenvalue weighted by Crippen LogP contribution is -2.07. The van der Waals surface area contributed by atoms with Gasteiger partial charge in [-0.05, 0) is 71.6 Å². The molecule has 0 amide bonds. The van der Waals surface area contributed by atoms with Crippen LogP contribution in [0.1, 0.15) is 48.6 Å². The summed E-state index contributed by atoms with van der Waals surface area (Å²) in [5, 5.41) is 3.51. The normalized spacial score (nSPS) is 17.4. The molecule has 1 saturated carbocycles. The van der Waals surface area contributed by atoms with Crippen LogP contribution in [0.25, 0.3) is 0 Å². The topological polar surface area (TPSA) is 37.8 Å². The van der Waals surface area contributed by atoms with Crippen molar-refractivity contribution >= 4 is 27.4 Å². The number of hydrogen-bond donors (Lipinski definition) is 1. The fourth-order valence-corrected chi connectivity index (χ4v) is 3.46. The Hall–Kier alpha value is -1.42. The van der Waals surface area contributed by atoms with E-state index in [1.54, 1.807) is 0 Å². The SMILES string of the molecule is Brc1cc(Nc2cccc3c2CCCC3)nc(C2CC2)n1. The van der Waals surface area contributed by atoms with Crippen LogP contribution in [0.4, 0.5) is 11.5 Å². The molecule has 1 fully saturated rings. The molecule has 2 aliphatic carbocycles. The number of nitrogens with zero attached hydrogens (tertiary/aromatic N) is 2. The number of halogens is 1. The Kier molecular flexibility index (Phi) is 3.42. The molecule has 1 aromatic carbocycles. The van der Waals surface area contributed by atoms with Crippen molar-refractivity contribution in [2.45, 2.75) is 44.4 Å². The molecule has 0 unspecified atom stereocenters. The van der Waals surface area contributed by atoms with Gasteiger partial charge in [-0.25, -0.2) is 9.97 Å². The number of benzene rings is 1. The molecule has 0 radical (unpaired) electrons. The molecular formula is C17H18BrN3. The molecular weight excluding hydrogens is 326 g/mol. The van der Waals surface area contributed by atoms with E-state index in [9.17, 15) is 0 Å². The Morgan fingerprint density at radius 3 is 2.81 bits per heavy atom. The van der Waals surface area contributed by atoms with Gasteiger partial charge in [0.25, 0.3) is 0 Å². The second-order valence-corrected chi connectivity index (χ2v) is 6.80. The number of rotatable bonds is 3. The minimum Gasteiger partial charge on any atom is -0.340 e. The average Bonchev–Trinajstić information content (AvgIpc) is 3.32. The van der Waals surface area contributed by atoms with Gasteiger partial charge in [-0.3, -0.25) is 0 Å². The molecule has 3 nitrogen and oxygen atoms in total. The molecule has 0 aliphatic heterocycles. The van der Waals surface area contributed by atoms with Crippen LogP contribution in [0.5, 0.6) is 0 Å². The van der Waals surface area contributed by atoms with E-state index < -0.39 is 0 Å². The molecule has 0 saturated heterocycles. The lowest BCUT2D eigenvalue weighted by Gasteiger charge is -2.20. The summed E-state index contributed by atoms with van der Waals surface area (Å²) in [5.41, 5.74) is 4.16. The summed E-state index contributed by atoms with van der Waals surface area (Å²) >= 11 is 3.51. The van der Waals surface area contributed by atoms with Crippen LogP contribution in [0.15, 0.2) is 28.9 Å². The van der Waals surface area contributed by atoms with Crippen molar-refractivity contribution in [2.75, 3.05) is 5.32 Å². The van der Waals surface area contributed by atoms with E-state index in [0.717, 1.165) is 16.2 Å². The maximum Gasteiger partial charge on any atom is 0.135 e. The molecule has 1 aromatic heterocycles. The molecule has 4 heteroatoms. The minimum atomic E-state index is 0.563. The summed E-state index contributed by atoms with van der Waals surface area (Å²) < 4.78 is 0.867. The zero-order chi connectivity index (χ0) is 14.2. The summed E-state index contributed by atoms with van der Waals surface area (Å²) in [6.45, 7) is 0. The van der Waals surface area contributed by atoms with Crippen molar-refractivity contribution in [3.63, 3.8) is 0 Å². The smallest absolute Gasteiger partial charge is 0.135 e. The van der Waals surface area contributed by atoms with Crippen molar-refractivity contribution < 1.29 is 0 Å². The maximum atomic E-state index is 4.69. The van der Waals surface area contributed by atoms with Gasteiger partial charge in [0.1, 0.15) is 16.2 Å². The first-order chi connectivity index (χ1) is 10.3. The van der Waals surface area contributed by atoms with Crippen LogP contribution in [0, 0.1) is 0 Å². The quantitative estimate of drug-likeness (QED) is 0.818. The van der Waals surface area contributed by atoms with Crippen LogP contribution < -0.4 is 5.32 Å². The predicted molar refractivity (Wildman–Crippen MR) is 88.1 cm³/mol. The number of fused-ring (bicyclic) bond motifs is 1. The lowest BCUT2D eigenvalue weighted by molar-refractivity contribution is 0.687. The Labute approximate surface area is 133 Å². The molecule has 4 rings (SSSR count). The molecule has 2 aliphatic rings. The highest BCUT2D eigenvalue weighted by atomic mass is 79.9. The van der Waals surface area contributed by atoms with Gasteiger partial charge in [-0.1, -0.05) is 12.1 Å². The van der Waals surface area contributed by atoms with Gasteiger partial charge >= 0.3 is 0 Å². The van der Waals surface area contributed by atoms with Gasteiger partial charge in [-0.15, -0.1) is 0 Å². The first-order valence-electron chi connectivity index (χ1n) is 7.72. The maximum absolute atomic E-state index is 4.69. The molecule has 0 bridgehead atoms. The molecule has 21 heavy (non-hydrogen) atoms. The van der Waals surface area contributed by atoms with Crippen LogP contribution in [0.2, 0.25) is 0 Å². The Bertz CT molecular complexity index is 680. The molecule has 0 spiro atoms. The molecule has 1 heterocycles. The third-order valence-corrected chi connectivity index (χ3v) is 4.72. The van der Waals surface area contributed by atoms with Gasteiger partial charge < -0.3 is 5.32 Å². The van der Waals surface area contributed by atoms with Crippen molar-refractivity contribution in [1.82, 2.24) is 9.97 Å². The summed E-state index contributed by atoms with van der Waals surface area (Å²) in [5.74, 6) is 2.43. The zero-order valence-electron chi connectivity index (χ0n) is 11.9. The third-order valence-electron chi connectivity index (χ3n) is 4.31. The van der Waals surface area contributed by atoms with Crippen molar-refractivity contribution in [3.8, 4) is 0 Å². The second-order valence-electron chi connectivity index (χ2n) is 5.98. The highest BCUT2D eigenvalue weighted by Crippen LogP contribution is 2.39. The second kappa shape index (κ2) is 5.41. The average molecular weight is 344 g/mol. The Balaban J connectivity index is 1.67. The van der Waals surface area contributed by atoms with E-state index >= 15 is 0 Å². The van der Waals surface area contributed by atoms with E-state index in [1.165, 1.54) is 55.3 Å². The number of aromatic nitrogens is 2. The number of hydrogen-bond acceptors (Lipinski definition) is 3. The molecule has 108 valence electrons. The van der Waals surface area contributed by atoms with E-state index in [2.05, 4.69) is 49.4 Å². The summed E-state index contributed by atoms with van der Waals surface area (Å²) in [7, 11) is 0. The highest BCUT2D eigenvalue weighted by molar-refractivity contribution is 9.10. The van der Waals surface area contributed by atoms with E-state index in [0.29, 0.717) is 5.92 Å². The summed E-state index contributed by atoms with van der Waals surface area (Å²) in [6, 6.07) is 8.53. The number of anilines is 2. The lowest BCUT2D eigenvalue weighted by atomic mass is 9.90. The molecule has 0 atom stereocenters. The highest BCUT2D eigenvalue weighted by Gasteiger charge is 2.27. The van der Waals surface area contributed by atoms with Gasteiger partial charge in [-0.2, -0.15) is 0 Å². The standard InChI is InChI=1S/C17H18BrN3/c18-15-10-16(21-17(20-15)12-8-9-12)19-14-7-3-5-11-4-1-2-6-13(11)14/h3,5,7,10,12H,1-2,4,6,8-9H2,(H,19,20,21).